The normalized spacial score (nSPS) is 23.5. The van der Waals surface area contributed by atoms with Crippen molar-refractivity contribution in [3.05, 3.63) is 52.5 Å². The second-order valence-corrected chi connectivity index (χ2v) is 9.69. The maximum absolute atomic E-state index is 14.2. The van der Waals surface area contributed by atoms with E-state index < -0.39 is 5.41 Å². The number of nitrogens with zero attached hydrogens (tertiary/aromatic N) is 3. The zero-order valence-corrected chi connectivity index (χ0v) is 19.2. The molecular weight excluding hydrogens is 388 g/mol. The fraction of sp³-hybridized carbons (Fsp3) is 0.560. The van der Waals surface area contributed by atoms with E-state index in [0.717, 1.165) is 43.5 Å². The van der Waals surface area contributed by atoms with Gasteiger partial charge in [-0.05, 0) is 52.0 Å². The van der Waals surface area contributed by atoms with Crippen LogP contribution in [0, 0.1) is 20.8 Å². The lowest BCUT2D eigenvalue weighted by atomic mass is 9.71. The summed E-state index contributed by atoms with van der Waals surface area (Å²) in [5.74, 6) is 1.39. The van der Waals surface area contributed by atoms with Gasteiger partial charge in [-0.15, -0.1) is 0 Å². The lowest BCUT2D eigenvalue weighted by Crippen LogP contribution is -2.55. The Kier molecular flexibility index (Phi) is 5.77. The number of ether oxygens (including phenoxy) is 1. The van der Waals surface area contributed by atoms with Crippen LogP contribution in [0.3, 0.4) is 0 Å². The molecule has 2 aromatic rings. The van der Waals surface area contributed by atoms with Gasteiger partial charge < -0.3 is 15.4 Å². The van der Waals surface area contributed by atoms with Crippen LogP contribution in [0.1, 0.15) is 60.8 Å². The Morgan fingerprint density at radius 3 is 2.35 bits per heavy atom. The van der Waals surface area contributed by atoms with Crippen LogP contribution in [0.15, 0.2) is 24.3 Å². The number of likely N-dealkylation sites (tertiary alicyclic amines) is 1. The van der Waals surface area contributed by atoms with Gasteiger partial charge in [-0.2, -0.15) is 0 Å². The van der Waals surface area contributed by atoms with Crippen LogP contribution in [0.5, 0.6) is 0 Å². The zero-order chi connectivity index (χ0) is 22.2. The number of aryl methyl sites for hydroxylation is 3. The molecule has 1 amide bonds. The Morgan fingerprint density at radius 1 is 1.03 bits per heavy atom. The molecule has 4 rings (SSSR count). The van der Waals surface area contributed by atoms with Crippen molar-refractivity contribution in [1.82, 2.24) is 14.9 Å². The number of carbonyl (C=O) groups excluding carboxylic acids is 1. The number of piperidine rings is 1. The number of rotatable bonds is 3. The molecule has 1 aromatic carbocycles. The van der Waals surface area contributed by atoms with Crippen LogP contribution in [0.2, 0.25) is 0 Å². The molecule has 3 heterocycles. The lowest BCUT2D eigenvalue weighted by Gasteiger charge is -2.46. The van der Waals surface area contributed by atoms with Crippen molar-refractivity contribution in [1.29, 1.82) is 0 Å². The summed E-state index contributed by atoms with van der Waals surface area (Å²) in [4.78, 5) is 25.1. The van der Waals surface area contributed by atoms with Gasteiger partial charge in [0.15, 0.2) is 0 Å². The quantitative estimate of drug-likeness (QED) is 0.817. The van der Waals surface area contributed by atoms with Crippen molar-refractivity contribution in [2.75, 3.05) is 32.0 Å². The summed E-state index contributed by atoms with van der Waals surface area (Å²) in [6.07, 6.45) is 3.37. The first-order chi connectivity index (χ1) is 14.7. The Morgan fingerprint density at radius 2 is 1.71 bits per heavy atom. The van der Waals surface area contributed by atoms with E-state index in [0.29, 0.717) is 31.4 Å². The number of amides is 1. The van der Waals surface area contributed by atoms with E-state index in [4.69, 9.17) is 10.5 Å². The van der Waals surface area contributed by atoms with Crippen molar-refractivity contribution < 1.29 is 9.53 Å². The molecule has 0 saturated carbocycles. The number of hydrogen-bond donors (Lipinski definition) is 1. The van der Waals surface area contributed by atoms with Gasteiger partial charge in [0.05, 0.1) is 11.1 Å². The Hall–Kier alpha value is -2.47. The van der Waals surface area contributed by atoms with E-state index in [2.05, 4.69) is 53.8 Å². The fourth-order valence-electron chi connectivity index (χ4n) is 5.42. The highest BCUT2D eigenvalue weighted by Crippen LogP contribution is 2.41. The van der Waals surface area contributed by atoms with Gasteiger partial charge >= 0.3 is 0 Å². The summed E-state index contributed by atoms with van der Waals surface area (Å²) in [6.45, 7) is 10.9. The van der Waals surface area contributed by atoms with Gasteiger partial charge in [-0.1, -0.05) is 36.2 Å². The molecule has 2 aliphatic rings. The predicted molar refractivity (Wildman–Crippen MR) is 122 cm³/mol. The second-order valence-electron chi connectivity index (χ2n) is 9.69. The van der Waals surface area contributed by atoms with Crippen LogP contribution >= 0.6 is 0 Å². The average molecular weight is 423 g/mol. The molecule has 6 heteroatoms. The number of anilines is 1. The lowest BCUT2D eigenvalue weighted by molar-refractivity contribution is -0.143. The second kappa shape index (κ2) is 8.23. The summed E-state index contributed by atoms with van der Waals surface area (Å²) in [5, 5.41) is 0. The largest absolute Gasteiger partial charge is 0.384 e. The van der Waals surface area contributed by atoms with E-state index in [1.807, 2.05) is 13.0 Å². The molecule has 0 unspecified atom stereocenters. The minimum Gasteiger partial charge on any atom is -0.384 e. The van der Waals surface area contributed by atoms with Crippen molar-refractivity contribution >= 4 is 11.7 Å². The van der Waals surface area contributed by atoms with Gasteiger partial charge in [0, 0.05) is 37.8 Å². The maximum atomic E-state index is 14.2. The first kappa shape index (κ1) is 21.8. The highest BCUT2D eigenvalue weighted by atomic mass is 16.5. The third-order valence-electron chi connectivity index (χ3n) is 6.99. The molecule has 1 atom stereocenters. The topological polar surface area (TPSA) is 81.3 Å². The summed E-state index contributed by atoms with van der Waals surface area (Å²) in [5.41, 5.74) is 9.73. The molecule has 1 aromatic heterocycles. The molecule has 6 nitrogen and oxygen atoms in total. The van der Waals surface area contributed by atoms with Gasteiger partial charge in [-0.3, -0.25) is 4.79 Å². The van der Waals surface area contributed by atoms with Gasteiger partial charge in [0.25, 0.3) is 0 Å². The number of nitrogen functional groups attached to an aromatic ring is 1. The summed E-state index contributed by atoms with van der Waals surface area (Å²) in [7, 11) is 0. The Labute approximate surface area is 185 Å². The third-order valence-corrected chi connectivity index (χ3v) is 6.99. The van der Waals surface area contributed by atoms with Crippen molar-refractivity contribution in [2.24, 2.45) is 0 Å². The van der Waals surface area contributed by atoms with Gasteiger partial charge in [-0.25, -0.2) is 9.97 Å². The molecule has 0 bridgehead atoms. The van der Waals surface area contributed by atoms with Crippen LogP contribution < -0.4 is 5.73 Å². The molecule has 0 spiro atoms. The summed E-state index contributed by atoms with van der Waals surface area (Å²) in [6, 6.07) is 8.41. The van der Waals surface area contributed by atoms with Crippen LogP contribution in [-0.2, 0) is 20.4 Å². The molecule has 31 heavy (non-hydrogen) atoms. The van der Waals surface area contributed by atoms with Crippen LogP contribution in [-0.4, -0.2) is 47.1 Å². The minimum absolute atomic E-state index is 0.227. The monoisotopic (exact) mass is 422 g/mol. The molecule has 0 radical (unpaired) electrons. The Bertz CT molecular complexity index is 943. The molecule has 2 N–H and O–H groups in total. The smallest absolute Gasteiger partial charge is 0.233 e. The number of nitrogens with two attached hydrogens (primary N) is 1. The summed E-state index contributed by atoms with van der Waals surface area (Å²) < 4.78 is 5.68. The van der Waals surface area contributed by atoms with Gasteiger partial charge in [0.2, 0.25) is 5.91 Å². The molecular formula is C25H34N4O2. The number of carbonyl (C=O) groups is 1. The van der Waals surface area contributed by atoms with E-state index >= 15 is 0 Å². The molecule has 2 saturated heterocycles. The van der Waals surface area contributed by atoms with E-state index in [1.54, 1.807) is 0 Å². The standard InChI is InChI=1S/C25H34N4O2/c1-17-12-18(2)14-20(13-17)25(7-10-31-11-8-25)23(30)29-9-5-6-24(4,16-29)21-15-22(26)28-19(3)27-21/h12-15H,5-11,16H2,1-4H3,(H2,26,27,28)/t24-/m0/s1. The first-order valence-corrected chi connectivity index (χ1v) is 11.3. The zero-order valence-electron chi connectivity index (χ0n) is 19.2. The van der Waals surface area contributed by atoms with Gasteiger partial charge in [0.1, 0.15) is 11.6 Å². The van der Waals surface area contributed by atoms with E-state index in [1.165, 1.54) is 11.1 Å². The highest BCUT2D eigenvalue weighted by molar-refractivity contribution is 5.89. The van der Waals surface area contributed by atoms with Crippen molar-refractivity contribution in [3.63, 3.8) is 0 Å². The van der Waals surface area contributed by atoms with Crippen molar-refractivity contribution in [2.45, 2.75) is 64.2 Å². The molecule has 166 valence electrons. The molecule has 2 fully saturated rings. The summed E-state index contributed by atoms with van der Waals surface area (Å²) >= 11 is 0. The number of hydrogen-bond acceptors (Lipinski definition) is 5. The fourth-order valence-corrected chi connectivity index (χ4v) is 5.42. The minimum atomic E-state index is -0.520. The maximum Gasteiger partial charge on any atom is 0.233 e. The molecule has 2 aliphatic heterocycles. The highest BCUT2D eigenvalue weighted by Gasteiger charge is 2.47. The third kappa shape index (κ3) is 4.18. The van der Waals surface area contributed by atoms with Crippen LogP contribution in [0.25, 0.3) is 0 Å². The molecule has 0 aliphatic carbocycles. The number of aromatic nitrogens is 2. The van der Waals surface area contributed by atoms with E-state index in [9.17, 15) is 4.79 Å². The SMILES string of the molecule is Cc1cc(C)cc(C2(C(=O)N3CCC[C@](C)(c4cc(N)nc(C)n4)C3)CCOCC2)c1. The number of benzene rings is 1. The average Bonchev–Trinajstić information content (AvgIpc) is 2.72. The van der Waals surface area contributed by atoms with E-state index in [-0.39, 0.29) is 11.3 Å². The first-order valence-electron chi connectivity index (χ1n) is 11.3. The predicted octanol–water partition coefficient (Wildman–Crippen LogP) is 3.61. The van der Waals surface area contributed by atoms with Crippen molar-refractivity contribution in [3.8, 4) is 0 Å². The Balaban J connectivity index is 1.68. The van der Waals surface area contributed by atoms with Crippen LogP contribution in [0.4, 0.5) is 5.82 Å².